The van der Waals surface area contributed by atoms with Gasteiger partial charge in [0.05, 0.1) is 0 Å². The van der Waals surface area contributed by atoms with Gasteiger partial charge < -0.3 is 0 Å². The van der Waals surface area contributed by atoms with E-state index in [0.717, 1.165) is 24.0 Å². The van der Waals surface area contributed by atoms with Gasteiger partial charge >= 0.3 is 0 Å². The quantitative estimate of drug-likeness (QED) is 0.748. The van der Waals surface area contributed by atoms with Crippen LogP contribution in [0.4, 0.5) is 0 Å². The Hall–Kier alpha value is -1.16. The van der Waals surface area contributed by atoms with E-state index < -0.39 is 0 Å². The minimum absolute atomic E-state index is 0.363. The first-order chi connectivity index (χ1) is 9.61. The number of nitrogens with zero attached hydrogens (tertiary/aromatic N) is 3. The Morgan fingerprint density at radius 3 is 2.60 bits per heavy atom. The fraction of sp³-hybridized carbons (Fsp3) is 0.500. The van der Waals surface area contributed by atoms with Crippen molar-refractivity contribution in [1.82, 2.24) is 14.8 Å². The highest BCUT2D eigenvalue weighted by atomic mass is 79.9. The molecule has 0 aliphatic heterocycles. The molecular formula is C16H22BrN3. The lowest BCUT2D eigenvalue weighted by atomic mass is 9.95. The van der Waals surface area contributed by atoms with Crippen molar-refractivity contribution >= 4 is 15.9 Å². The molecule has 1 atom stereocenters. The van der Waals surface area contributed by atoms with Crippen molar-refractivity contribution < 1.29 is 0 Å². The Bertz CT molecular complexity index is 548. The average molecular weight is 336 g/mol. The smallest absolute Gasteiger partial charge is 0.138 e. The third kappa shape index (κ3) is 3.69. The number of rotatable bonds is 6. The molecule has 0 spiro atoms. The van der Waals surface area contributed by atoms with Crippen LogP contribution in [-0.4, -0.2) is 20.1 Å². The van der Waals surface area contributed by atoms with Crippen molar-refractivity contribution in [2.24, 2.45) is 5.92 Å². The lowest BCUT2D eigenvalue weighted by molar-refractivity contribution is 0.473. The second-order valence-electron chi connectivity index (χ2n) is 5.57. The van der Waals surface area contributed by atoms with Crippen molar-refractivity contribution in [1.29, 1.82) is 0 Å². The van der Waals surface area contributed by atoms with Gasteiger partial charge in [0.25, 0.3) is 0 Å². The SMILES string of the molecule is Cc1ccccc1CC(CBr)Cc1ncnn1C(C)C. The molecule has 1 aromatic carbocycles. The zero-order valence-corrected chi connectivity index (χ0v) is 14.0. The topological polar surface area (TPSA) is 30.7 Å². The summed E-state index contributed by atoms with van der Waals surface area (Å²) >= 11 is 3.65. The number of aryl methyl sites for hydroxylation is 1. The summed E-state index contributed by atoms with van der Waals surface area (Å²) in [6, 6.07) is 8.97. The van der Waals surface area contributed by atoms with Gasteiger partial charge in [-0.05, 0) is 44.2 Å². The molecule has 0 saturated carbocycles. The molecule has 1 unspecified atom stereocenters. The molecule has 0 radical (unpaired) electrons. The highest BCUT2D eigenvalue weighted by molar-refractivity contribution is 9.09. The summed E-state index contributed by atoms with van der Waals surface area (Å²) in [5.74, 6) is 1.62. The van der Waals surface area contributed by atoms with Crippen molar-refractivity contribution in [2.75, 3.05) is 5.33 Å². The van der Waals surface area contributed by atoms with E-state index in [0.29, 0.717) is 12.0 Å². The Morgan fingerprint density at radius 2 is 1.95 bits per heavy atom. The second-order valence-corrected chi connectivity index (χ2v) is 6.22. The minimum atomic E-state index is 0.363. The Balaban J connectivity index is 2.10. The molecule has 3 nitrogen and oxygen atoms in total. The molecule has 1 heterocycles. The van der Waals surface area contributed by atoms with Crippen molar-refractivity contribution in [3.05, 3.63) is 47.5 Å². The summed E-state index contributed by atoms with van der Waals surface area (Å²) in [4.78, 5) is 4.42. The van der Waals surface area contributed by atoms with E-state index >= 15 is 0 Å². The molecule has 2 rings (SSSR count). The third-order valence-electron chi connectivity index (χ3n) is 3.60. The van der Waals surface area contributed by atoms with E-state index in [-0.39, 0.29) is 0 Å². The van der Waals surface area contributed by atoms with Crippen LogP contribution in [0.5, 0.6) is 0 Å². The molecule has 2 aromatic rings. The van der Waals surface area contributed by atoms with Crippen LogP contribution in [0.1, 0.15) is 36.8 Å². The minimum Gasteiger partial charge on any atom is -0.248 e. The molecule has 0 N–H and O–H groups in total. The molecule has 0 amide bonds. The number of benzene rings is 1. The lowest BCUT2D eigenvalue weighted by Gasteiger charge is -2.17. The number of aromatic nitrogens is 3. The monoisotopic (exact) mass is 335 g/mol. The van der Waals surface area contributed by atoms with Gasteiger partial charge in [0.15, 0.2) is 0 Å². The van der Waals surface area contributed by atoms with Crippen LogP contribution in [0, 0.1) is 12.8 Å². The molecule has 0 saturated heterocycles. The van der Waals surface area contributed by atoms with Crippen LogP contribution >= 0.6 is 15.9 Å². The van der Waals surface area contributed by atoms with Gasteiger partial charge in [0, 0.05) is 17.8 Å². The summed E-state index contributed by atoms with van der Waals surface area (Å²) in [6.45, 7) is 6.46. The van der Waals surface area contributed by atoms with Crippen LogP contribution in [0.15, 0.2) is 30.6 Å². The van der Waals surface area contributed by atoms with E-state index in [2.05, 4.69) is 71.0 Å². The molecular weight excluding hydrogens is 314 g/mol. The summed E-state index contributed by atoms with van der Waals surface area (Å²) in [5, 5.41) is 5.30. The third-order valence-corrected chi connectivity index (χ3v) is 4.51. The number of hydrogen-bond acceptors (Lipinski definition) is 2. The van der Waals surface area contributed by atoms with Gasteiger partial charge in [-0.15, -0.1) is 0 Å². The van der Waals surface area contributed by atoms with Gasteiger partial charge in [-0.25, -0.2) is 9.67 Å². The highest BCUT2D eigenvalue weighted by Gasteiger charge is 2.15. The summed E-state index contributed by atoms with van der Waals surface area (Å²) in [5.41, 5.74) is 2.79. The second kappa shape index (κ2) is 7.02. The Kier molecular flexibility index (Phi) is 5.35. The fourth-order valence-electron chi connectivity index (χ4n) is 2.44. The summed E-state index contributed by atoms with van der Waals surface area (Å²) in [6.07, 6.45) is 3.69. The number of alkyl halides is 1. The van der Waals surface area contributed by atoms with Crippen LogP contribution in [0.3, 0.4) is 0 Å². The van der Waals surface area contributed by atoms with Crippen LogP contribution in [0.25, 0.3) is 0 Å². The van der Waals surface area contributed by atoms with E-state index in [1.807, 2.05) is 4.68 Å². The Labute approximate surface area is 129 Å². The highest BCUT2D eigenvalue weighted by Crippen LogP contribution is 2.19. The maximum atomic E-state index is 4.42. The molecule has 0 bridgehead atoms. The van der Waals surface area contributed by atoms with Crippen molar-refractivity contribution in [3.63, 3.8) is 0 Å². The van der Waals surface area contributed by atoms with Crippen molar-refractivity contribution in [2.45, 2.75) is 39.7 Å². The molecule has 0 aliphatic rings. The first kappa shape index (κ1) is 15.2. The molecule has 0 aliphatic carbocycles. The first-order valence-electron chi connectivity index (χ1n) is 7.10. The molecule has 20 heavy (non-hydrogen) atoms. The maximum absolute atomic E-state index is 4.42. The zero-order chi connectivity index (χ0) is 14.5. The van der Waals surface area contributed by atoms with Gasteiger partial charge in [0.2, 0.25) is 0 Å². The largest absolute Gasteiger partial charge is 0.248 e. The van der Waals surface area contributed by atoms with E-state index in [1.54, 1.807) is 6.33 Å². The van der Waals surface area contributed by atoms with Crippen molar-refractivity contribution in [3.8, 4) is 0 Å². The first-order valence-corrected chi connectivity index (χ1v) is 8.22. The van der Waals surface area contributed by atoms with Crippen LogP contribution < -0.4 is 0 Å². The lowest BCUT2D eigenvalue weighted by Crippen LogP contribution is -2.16. The molecule has 4 heteroatoms. The molecule has 108 valence electrons. The maximum Gasteiger partial charge on any atom is 0.138 e. The molecule has 1 aromatic heterocycles. The summed E-state index contributed by atoms with van der Waals surface area (Å²) < 4.78 is 2.02. The van der Waals surface area contributed by atoms with Gasteiger partial charge in [0.1, 0.15) is 12.2 Å². The van der Waals surface area contributed by atoms with E-state index in [9.17, 15) is 0 Å². The fourth-order valence-corrected chi connectivity index (χ4v) is 2.90. The van der Waals surface area contributed by atoms with E-state index in [4.69, 9.17) is 0 Å². The Morgan fingerprint density at radius 1 is 1.20 bits per heavy atom. The molecule has 0 fully saturated rings. The predicted octanol–water partition coefficient (Wildman–Crippen LogP) is 3.96. The normalized spacial score (nSPS) is 12.8. The zero-order valence-electron chi connectivity index (χ0n) is 12.4. The predicted molar refractivity (Wildman–Crippen MR) is 86.3 cm³/mol. The van der Waals surface area contributed by atoms with Crippen LogP contribution in [0.2, 0.25) is 0 Å². The average Bonchev–Trinajstić information content (AvgIpc) is 2.88. The van der Waals surface area contributed by atoms with E-state index in [1.165, 1.54) is 11.1 Å². The van der Waals surface area contributed by atoms with Gasteiger partial charge in [-0.3, -0.25) is 0 Å². The van der Waals surface area contributed by atoms with Gasteiger partial charge in [-0.1, -0.05) is 40.2 Å². The number of hydrogen-bond donors (Lipinski definition) is 0. The van der Waals surface area contributed by atoms with Crippen LogP contribution in [-0.2, 0) is 12.8 Å². The van der Waals surface area contributed by atoms with Gasteiger partial charge in [-0.2, -0.15) is 5.10 Å². The number of halogens is 1. The standard InChI is InChI=1S/C16H22BrN3/c1-12(2)20-16(18-11-19-20)9-14(10-17)8-15-7-5-4-6-13(15)3/h4-7,11-12,14H,8-10H2,1-3H3. The summed E-state index contributed by atoms with van der Waals surface area (Å²) in [7, 11) is 0.